The van der Waals surface area contributed by atoms with Crippen molar-refractivity contribution in [1.29, 1.82) is 0 Å². The predicted molar refractivity (Wildman–Crippen MR) is 95.9 cm³/mol. The van der Waals surface area contributed by atoms with Crippen LogP contribution < -0.4 is 10.6 Å². The Morgan fingerprint density at radius 1 is 1.32 bits per heavy atom. The van der Waals surface area contributed by atoms with Gasteiger partial charge in [-0.15, -0.1) is 24.0 Å². The Morgan fingerprint density at radius 3 is 2.73 bits per heavy atom. The summed E-state index contributed by atoms with van der Waals surface area (Å²) in [5, 5.41) is 6.24. The number of carbonyl (C=O) groups is 1. The number of esters is 1. The van der Waals surface area contributed by atoms with Gasteiger partial charge >= 0.3 is 5.97 Å². The number of methoxy groups -OCH3 is 1. The molecule has 22 heavy (non-hydrogen) atoms. The van der Waals surface area contributed by atoms with E-state index in [9.17, 15) is 9.18 Å². The van der Waals surface area contributed by atoms with Crippen LogP contribution in [0.15, 0.2) is 29.3 Å². The van der Waals surface area contributed by atoms with Crippen molar-refractivity contribution in [1.82, 2.24) is 10.6 Å². The summed E-state index contributed by atoms with van der Waals surface area (Å²) in [6.07, 6.45) is 2.03. The van der Waals surface area contributed by atoms with Gasteiger partial charge in [0.2, 0.25) is 0 Å². The van der Waals surface area contributed by atoms with Crippen LogP contribution in [0.1, 0.15) is 24.8 Å². The van der Waals surface area contributed by atoms with E-state index in [1.165, 1.54) is 19.2 Å². The average molecular weight is 423 g/mol. The number of aliphatic imine (C=N–C) groups is 1. The number of nitrogens with one attached hydrogen (secondary N) is 2. The molecule has 2 N–H and O–H groups in total. The van der Waals surface area contributed by atoms with Crippen LogP contribution >= 0.6 is 24.0 Å². The predicted octanol–water partition coefficient (Wildman–Crippen LogP) is 2.45. The molecule has 0 amide bonds. The third-order valence-electron chi connectivity index (χ3n) is 2.90. The molecule has 0 radical (unpaired) electrons. The highest BCUT2D eigenvalue weighted by Gasteiger charge is 2.01. The molecule has 0 saturated carbocycles. The van der Waals surface area contributed by atoms with E-state index in [1.807, 2.05) is 6.07 Å². The fourth-order valence-electron chi connectivity index (χ4n) is 1.76. The Bertz CT molecular complexity index is 484. The lowest BCUT2D eigenvalue weighted by atomic mass is 10.2. The van der Waals surface area contributed by atoms with Crippen LogP contribution in [0.4, 0.5) is 4.39 Å². The van der Waals surface area contributed by atoms with E-state index in [1.54, 1.807) is 13.1 Å². The molecule has 1 aromatic carbocycles. The van der Waals surface area contributed by atoms with E-state index >= 15 is 0 Å². The van der Waals surface area contributed by atoms with Crippen molar-refractivity contribution >= 4 is 35.9 Å². The zero-order chi connectivity index (χ0) is 15.5. The van der Waals surface area contributed by atoms with Crippen LogP contribution in [0.5, 0.6) is 0 Å². The molecule has 0 fully saturated rings. The van der Waals surface area contributed by atoms with E-state index in [0.717, 1.165) is 18.4 Å². The first-order valence-electron chi connectivity index (χ1n) is 6.91. The molecule has 0 atom stereocenters. The van der Waals surface area contributed by atoms with Gasteiger partial charge in [0, 0.05) is 26.6 Å². The monoisotopic (exact) mass is 423 g/mol. The number of hydrogen-bond acceptors (Lipinski definition) is 3. The lowest BCUT2D eigenvalue weighted by molar-refractivity contribution is -0.140. The first-order valence-corrected chi connectivity index (χ1v) is 6.91. The highest BCUT2D eigenvalue weighted by atomic mass is 127. The summed E-state index contributed by atoms with van der Waals surface area (Å²) in [5.41, 5.74) is 0.851. The van der Waals surface area contributed by atoms with Crippen LogP contribution in [0.3, 0.4) is 0 Å². The van der Waals surface area contributed by atoms with E-state index in [4.69, 9.17) is 0 Å². The van der Waals surface area contributed by atoms with Crippen molar-refractivity contribution in [3.63, 3.8) is 0 Å². The highest BCUT2D eigenvalue weighted by Crippen LogP contribution is 2.02. The highest BCUT2D eigenvalue weighted by molar-refractivity contribution is 14.0. The van der Waals surface area contributed by atoms with Gasteiger partial charge in [0.1, 0.15) is 5.82 Å². The number of rotatable bonds is 7. The van der Waals surface area contributed by atoms with E-state index in [-0.39, 0.29) is 35.8 Å². The van der Waals surface area contributed by atoms with Crippen molar-refractivity contribution in [3.05, 3.63) is 35.6 Å². The van der Waals surface area contributed by atoms with Gasteiger partial charge in [-0.05, 0) is 30.5 Å². The molecule has 1 rings (SSSR count). The molecule has 0 unspecified atom stereocenters. The SMILES string of the molecule is CN=C(NCCCCC(=O)OC)NCc1cccc(F)c1.I. The average Bonchev–Trinajstić information content (AvgIpc) is 2.49. The second-order valence-electron chi connectivity index (χ2n) is 4.52. The Hall–Kier alpha value is -1.38. The molecule has 0 heterocycles. The van der Waals surface area contributed by atoms with E-state index in [2.05, 4.69) is 20.4 Å². The van der Waals surface area contributed by atoms with Gasteiger partial charge in [-0.3, -0.25) is 9.79 Å². The standard InChI is InChI=1S/C15H22FN3O2.HI/c1-17-15(18-9-4-3-8-14(20)21-2)19-11-12-6-5-7-13(16)10-12;/h5-7,10H,3-4,8-9,11H2,1-2H3,(H2,17,18,19);1H. The van der Waals surface area contributed by atoms with Gasteiger partial charge in [0.25, 0.3) is 0 Å². The molecule has 0 aliphatic rings. The molecular weight excluding hydrogens is 400 g/mol. The molecule has 0 spiro atoms. The summed E-state index contributed by atoms with van der Waals surface area (Å²) >= 11 is 0. The lowest BCUT2D eigenvalue weighted by Gasteiger charge is -2.11. The van der Waals surface area contributed by atoms with Crippen molar-refractivity contribution in [2.24, 2.45) is 4.99 Å². The second-order valence-corrected chi connectivity index (χ2v) is 4.52. The number of guanidine groups is 1. The fourth-order valence-corrected chi connectivity index (χ4v) is 1.76. The van der Waals surface area contributed by atoms with E-state index < -0.39 is 0 Å². The summed E-state index contributed by atoms with van der Waals surface area (Å²) in [5.74, 6) is 0.209. The maximum atomic E-state index is 13.0. The van der Waals surface area contributed by atoms with Crippen molar-refractivity contribution in [3.8, 4) is 0 Å². The number of hydrogen-bond donors (Lipinski definition) is 2. The fraction of sp³-hybridized carbons (Fsp3) is 0.467. The van der Waals surface area contributed by atoms with Gasteiger partial charge in [0.05, 0.1) is 7.11 Å². The van der Waals surface area contributed by atoms with Gasteiger partial charge in [-0.25, -0.2) is 4.39 Å². The number of carbonyl (C=O) groups excluding carboxylic acids is 1. The molecular formula is C15H23FIN3O2. The molecule has 5 nitrogen and oxygen atoms in total. The first-order chi connectivity index (χ1) is 10.2. The molecule has 0 aromatic heterocycles. The lowest BCUT2D eigenvalue weighted by Crippen LogP contribution is -2.37. The Labute approximate surface area is 147 Å². The molecule has 0 bridgehead atoms. The van der Waals surface area contributed by atoms with Gasteiger partial charge in [-0.2, -0.15) is 0 Å². The zero-order valence-electron chi connectivity index (χ0n) is 12.9. The molecule has 7 heteroatoms. The third kappa shape index (κ3) is 8.81. The number of halogens is 2. The van der Waals surface area contributed by atoms with Crippen LogP contribution in [-0.2, 0) is 16.1 Å². The number of ether oxygens (including phenoxy) is 1. The number of unbranched alkanes of at least 4 members (excludes halogenated alkanes) is 1. The Kier molecular flexibility index (Phi) is 11.4. The van der Waals surface area contributed by atoms with Crippen LogP contribution in [0.2, 0.25) is 0 Å². The summed E-state index contributed by atoms with van der Waals surface area (Å²) in [7, 11) is 3.06. The van der Waals surface area contributed by atoms with Crippen LogP contribution in [-0.4, -0.2) is 32.6 Å². The molecule has 0 saturated heterocycles. The molecule has 0 aliphatic heterocycles. The summed E-state index contributed by atoms with van der Waals surface area (Å²) in [6.45, 7) is 1.21. The normalized spacial score (nSPS) is 10.6. The van der Waals surface area contributed by atoms with Gasteiger partial charge in [-0.1, -0.05) is 12.1 Å². The van der Waals surface area contributed by atoms with Crippen LogP contribution in [0.25, 0.3) is 0 Å². The molecule has 124 valence electrons. The van der Waals surface area contributed by atoms with Crippen molar-refractivity contribution < 1.29 is 13.9 Å². The maximum Gasteiger partial charge on any atom is 0.305 e. The number of nitrogens with zero attached hydrogens (tertiary/aromatic N) is 1. The quantitative estimate of drug-likeness (QED) is 0.233. The smallest absolute Gasteiger partial charge is 0.305 e. The number of benzene rings is 1. The summed E-state index contributed by atoms with van der Waals surface area (Å²) in [4.78, 5) is 15.0. The molecule has 0 aliphatic carbocycles. The summed E-state index contributed by atoms with van der Waals surface area (Å²) < 4.78 is 17.6. The maximum absolute atomic E-state index is 13.0. The van der Waals surface area contributed by atoms with Crippen molar-refractivity contribution in [2.45, 2.75) is 25.8 Å². The summed E-state index contributed by atoms with van der Waals surface area (Å²) in [6, 6.07) is 6.42. The van der Waals surface area contributed by atoms with Crippen molar-refractivity contribution in [2.75, 3.05) is 20.7 Å². The van der Waals surface area contributed by atoms with Gasteiger partial charge < -0.3 is 15.4 Å². The largest absolute Gasteiger partial charge is 0.469 e. The topological polar surface area (TPSA) is 62.7 Å². The third-order valence-corrected chi connectivity index (χ3v) is 2.90. The minimum absolute atomic E-state index is 0. The van der Waals surface area contributed by atoms with E-state index in [0.29, 0.717) is 25.5 Å². The first kappa shape index (κ1) is 20.6. The minimum atomic E-state index is -0.250. The zero-order valence-corrected chi connectivity index (χ0v) is 15.2. The Balaban J connectivity index is 0.00000441. The minimum Gasteiger partial charge on any atom is -0.469 e. The van der Waals surface area contributed by atoms with Gasteiger partial charge in [0.15, 0.2) is 5.96 Å². The second kappa shape index (κ2) is 12.2. The molecule has 1 aromatic rings. The van der Waals surface area contributed by atoms with Crippen LogP contribution in [0, 0.1) is 5.82 Å². The Morgan fingerprint density at radius 2 is 2.09 bits per heavy atom.